The largest absolute Gasteiger partial charge is 0.378 e. The summed E-state index contributed by atoms with van der Waals surface area (Å²) < 4.78 is 5.54. The fourth-order valence-corrected chi connectivity index (χ4v) is 2.39. The summed E-state index contributed by atoms with van der Waals surface area (Å²) in [6.07, 6.45) is 5.37. The van der Waals surface area contributed by atoms with Crippen molar-refractivity contribution in [2.45, 2.75) is 52.0 Å². The fourth-order valence-electron chi connectivity index (χ4n) is 2.39. The predicted molar refractivity (Wildman–Crippen MR) is 73.5 cm³/mol. The lowest BCUT2D eigenvalue weighted by molar-refractivity contribution is -0.0513. The molecular formula is C14H30N2O. The molecule has 102 valence electrons. The molecule has 17 heavy (non-hydrogen) atoms. The van der Waals surface area contributed by atoms with Gasteiger partial charge in [-0.3, -0.25) is 4.90 Å². The third-order valence-electron chi connectivity index (χ3n) is 3.60. The summed E-state index contributed by atoms with van der Waals surface area (Å²) in [6, 6.07) is 0. The molecule has 0 aliphatic carbocycles. The average Bonchev–Trinajstić information content (AvgIpc) is 2.29. The van der Waals surface area contributed by atoms with E-state index in [1.165, 1.54) is 38.8 Å². The van der Waals surface area contributed by atoms with Gasteiger partial charge < -0.3 is 10.1 Å². The van der Waals surface area contributed by atoms with Gasteiger partial charge in [-0.05, 0) is 46.3 Å². The Hall–Kier alpha value is -0.120. The summed E-state index contributed by atoms with van der Waals surface area (Å²) in [7, 11) is 0. The molecule has 1 rings (SSSR count). The zero-order valence-corrected chi connectivity index (χ0v) is 11.9. The number of hydrogen-bond donors (Lipinski definition) is 1. The van der Waals surface area contributed by atoms with Crippen LogP contribution in [0.1, 0.15) is 46.5 Å². The van der Waals surface area contributed by atoms with E-state index in [1.807, 2.05) is 0 Å². The predicted octanol–water partition coefficient (Wildman–Crippen LogP) is 2.27. The van der Waals surface area contributed by atoms with Gasteiger partial charge in [0.2, 0.25) is 0 Å². The molecule has 0 radical (unpaired) electrons. The van der Waals surface area contributed by atoms with Crippen molar-refractivity contribution in [2.75, 3.05) is 39.4 Å². The molecule has 0 amide bonds. The summed E-state index contributed by atoms with van der Waals surface area (Å²) in [4.78, 5) is 2.58. The van der Waals surface area contributed by atoms with Gasteiger partial charge in [0, 0.05) is 12.1 Å². The highest BCUT2D eigenvalue weighted by molar-refractivity contribution is 4.84. The van der Waals surface area contributed by atoms with Crippen LogP contribution in [-0.2, 0) is 4.74 Å². The number of unbranched alkanes of at least 4 members (excludes halogenated alkanes) is 3. The van der Waals surface area contributed by atoms with E-state index in [9.17, 15) is 0 Å². The molecule has 1 fully saturated rings. The standard InChI is InChI=1S/C14H30N2O/c1-4-15-9-7-5-6-8-10-16-11-12-17-13-14(16,2)3/h15H,4-13H2,1-3H3. The second kappa shape index (κ2) is 8.06. The van der Waals surface area contributed by atoms with Gasteiger partial charge in [-0.1, -0.05) is 19.8 Å². The van der Waals surface area contributed by atoms with E-state index in [0.717, 1.165) is 26.3 Å². The Morgan fingerprint density at radius 1 is 1.18 bits per heavy atom. The quantitative estimate of drug-likeness (QED) is 0.661. The molecule has 3 nitrogen and oxygen atoms in total. The smallest absolute Gasteiger partial charge is 0.0645 e. The molecule has 0 saturated carbocycles. The van der Waals surface area contributed by atoms with Crippen LogP contribution in [0.2, 0.25) is 0 Å². The first-order chi connectivity index (χ1) is 8.17. The van der Waals surface area contributed by atoms with E-state index in [4.69, 9.17) is 4.74 Å². The summed E-state index contributed by atoms with van der Waals surface area (Å²) >= 11 is 0. The van der Waals surface area contributed by atoms with Crippen LogP contribution in [0.3, 0.4) is 0 Å². The molecule has 0 aromatic rings. The van der Waals surface area contributed by atoms with Crippen LogP contribution in [0.25, 0.3) is 0 Å². The average molecular weight is 242 g/mol. The van der Waals surface area contributed by atoms with Crippen molar-refractivity contribution in [1.29, 1.82) is 0 Å². The van der Waals surface area contributed by atoms with Crippen molar-refractivity contribution in [3.8, 4) is 0 Å². The van der Waals surface area contributed by atoms with Crippen LogP contribution < -0.4 is 5.32 Å². The van der Waals surface area contributed by atoms with Gasteiger partial charge >= 0.3 is 0 Å². The lowest BCUT2D eigenvalue weighted by Crippen LogP contribution is -2.53. The number of rotatable bonds is 8. The van der Waals surface area contributed by atoms with Crippen LogP contribution in [0.5, 0.6) is 0 Å². The Morgan fingerprint density at radius 3 is 2.65 bits per heavy atom. The van der Waals surface area contributed by atoms with Crippen molar-refractivity contribution in [3.63, 3.8) is 0 Å². The lowest BCUT2D eigenvalue weighted by Gasteiger charge is -2.42. The van der Waals surface area contributed by atoms with Gasteiger partial charge in [0.25, 0.3) is 0 Å². The van der Waals surface area contributed by atoms with Crippen molar-refractivity contribution < 1.29 is 4.74 Å². The maximum absolute atomic E-state index is 5.54. The fraction of sp³-hybridized carbons (Fsp3) is 1.00. The van der Waals surface area contributed by atoms with Crippen LogP contribution in [0.4, 0.5) is 0 Å². The van der Waals surface area contributed by atoms with E-state index < -0.39 is 0 Å². The minimum atomic E-state index is 0.238. The van der Waals surface area contributed by atoms with Gasteiger partial charge in [-0.15, -0.1) is 0 Å². The van der Waals surface area contributed by atoms with Crippen LogP contribution in [-0.4, -0.2) is 49.8 Å². The van der Waals surface area contributed by atoms with Crippen molar-refractivity contribution in [2.24, 2.45) is 0 Å². The van der Waals surface area contributed by atoms with Gasteiger partial charge in [-0.25, -0.2) is 0 Å². The van der Waals surface area contributed by atoms with Crippen LogP contribution in [0, 0.1) is 0 Å². The molecule has 0 spiro atoms. The Labute approximate surface area is 107 Å². The number of morpholine rings is 1. The second-order valence-corrected chi connectivity index (χ2v) is 5.62. The molecule has 1 aliphatic heterocycles. The van der Waals surface area contributed by atoms with E-state index in [-0.39, 0.29) is 5.54 Å². The molecule has 0 aromatic heterocycles. The van der Waals surface area contributed by atoms with Gasteiger partial charge in [-0.2, -0.15) is 0 Å². The topological polar surface area (TPSA) is 24.5 Å². The number of nitrogens with one attached hydrogen (secondary N) is 1. The summed E-state index contributed by atoms with van der Waals surface area (Å²) in [5.74, 6) is 0. The Morgan fingerprint density at radius 2 is 1.94 bits per heavy atom. The zero-order valence-electron chi connectivity index (χ0n) is 11.9. The molecule has 3 heteroatoms. The van der Waals surface area contributed by atoms with Crippen molar-refractivity contribution >= 4 is 0 Å². The summed E-state index contributed by atoms with van der Waals surface area (Å²) in [5, 5.41) is 3.37. The lowest BCUT2D eigenvalue weighted by atomic mass is 10.0. The molecule has 0 atom stereocenters. The monoisotopic (exact) mass is 242 g/mol. The summed E-state index contributed by atoms with van der Waals surface area (Å²) in [5.41, 5.74) is 0.238. The normalized spacial score (nSPS) is 20.6. The second-order valence-electron chi connectivity index (χ2n) is 5.62. The van der Waals surface area contributed by atoms with Crippen LogP contribution in [0.15, 0.2) is 0 Å². The highest BCUT2D eigenvalue weighted by Gasteiger charge is 2.29. The Kier molecular flexibility index (Phi) is 7.09. The maximum atomic E-state index is 5.54. The molecule has 1 N–H and O–H groups in total. The highest BCUT2D eigenvalue weighted by Crippen LogP contribution is 2.19. The third-order valence-corrected chi connectivity index (χ3v) is 3.60. The van der Waals surface area contributed by atoms with Gasteiger partial charge in [0.05, 0.1) is 13.2 Å². The minimum absolute atomic E-state index is 0.238. The molecule has 0 unspecified atom stereocenters. The van der Waals surface area contributed by atoms with Crippen LogP contribution >= 0.6 is 0 Å². The molecule has 0 bridgehead atoms. The number of nitrogens with zero attached hydrogens (tertiary/aromatic N) is 1. The summed E-state index contributed by atoms with van der Waals surface area (Å²) in [6.45, 7) is 13.1. The van der Waals surface area contributed by atoms with Crippen molar-refractivity contribution in [1.82, 2.24) is 10.2 Å². The van der Waals surface area contributed by atoms with E-state index >= 15 is 0 Å². The first kappa shape index (κ1) is 14.9. The SMILES string of the molecule is CCNCCCCCCN1CCOCC1(C)C. The molecular weight excluding hydrogens is 212 g/mol. The first-order valence-corrected chi connectivity index (χ1v) is 7.20. The number of ether oxygens (including phenoxy) is 1. The van der Waals surface area contributed by atoms with E-state index in [1.54, 1.807) is 0 Å². The Bertz CT molecular complexity index is 195. The minimum Gasteiger partial charge on any atom is -0.378 e. The zero-order chi connectivity index (χ0) is 12.6. The van der Waals surface area contributed by atoms with Crippen molar-refractivity contribution in [3.05, 3.63) is 0 Å². The molecule has 1 saturated heterocycles. The Balaban J connectivity index is 2.01. The third kappa shape index (κ3) is 5.84. The molecule has 0 aromatic carbocycles. The first-order valence-electron chi connectivity index (χ1n) is 7.20. The molecule has 1 aliphatic rings. The number of hydrogen-bond acceptors (Lipinski definition) is 3. The maximum Gasteiger partial charge on any atom is 0.0645 e. The van der Waals surface area contributed by atoms with E-state index in [2.05, 4.69) is 31.0 Å². The van der Waals surface area contributed by atoms with Gasteiger partial charge in [0.1, 0.15) is 0 Å². The molecule has 1 heterocycles. The highest BCUT2D eigenvalue weighted by atomic mass is 16.5. The van der Waals surface area contributed by atoms with E-state index in [0.29, 0.717) is 0 Å². The van der Waals surface area contributed by atoms with Gasteiger partial charge in [0.15, 0.2) is 0 Å².